The average molecular weight is 263 g/mol. The highest BCUT2D eigenvalue weighted by Crippen LogP contribution is 2.22. The number of benzene rings is 2. The molecule has 0 spiro atoms. The molecule has 3 heteroatoms. The summed E-state index contributed by atoms with van der Waals surface area (Å²) in [4.78, 5) is 0. The van der Waals surface area contributed by atoms with Crippen LogP contribution in [0.25, 0.3) is 10.9 Å². The molecule has 0 aliphatic heterocycles. The van der Waals surface area contributed by atoms with Crippen LogP contribution in [0.3, 0.4) is 0 Å². The molecule has 1 atom stereocenters. The monoisotopic (exact) mass is 263 g/mol. The van der Waals surface area contributed by atoms with Gasteiger partial charge in [0.15, 0.2) is 0 Å². The molecule has 0 amide bonds. The molecule has 3 aromatic rings. The number of rotatable bonds is 4. The van der Waals surface area contributed by atoms with Gasteiger partial charge in [-0.2, -0.15) is 10.2 Å². The summed E-state index contributed by atoms with van der Waals surface area (Å²) >= 11 is 0. The summed E-state index contributed by atoms with van der Waals surface area (Å²) in [5.74, 6) is 0. The van der Waals surface area contributed by atoms with Gasteiger partial charge in [-0.3, -0.25) is 0 Å². The van der Waals surface area contributed by atoms with Crippen molar-refractivity contribution in [3.8, 4) is 0 Å². The molecule has 0 saturated heterocycles. The Balaban J connectivity index is 1.96. The van der Waals surface area contributed by atoms with Crippen LogP contribution in [0.2, 0.25) is 0 Å². The lowest BCUT2D eigenvalue weighted by Gasteiger charge is -2.17. The van der Waals surface area contributed by atoms with Gasteiger partial charge >= 0.3 is 0 Å². The van der Waals surface area contributed by atoms with E-state index in [2.05, 4.69) is 45.8 Å². The summed E-state index contributed by atoms with van der Waals surface area (Å²) in [6.07, 6.45) is 2.77. The highest BCUT2D eigenvalue weighted by atomic mass is 15.1. The minimum atomic E-state index is 0.281. The van der Waals surface area contributed by atoms with Gasteiger partial charge in [-0.05, 0) is 30.7 Å². The topological polar surface area (TPSA) is 37.8 Å². The Kier molecular flexibility index (Phi) is 3.70. The quantitative estimate of drug-likeness (QED) is 0.786. The van der Waals surface area contributed by atoms with Gasteiger partial charge in [0.1, 0.15) is 0 Å². The van der Waals surface area contributed by atoms with E-state index in [1.807, 2.05) is 37.5 Å². The summed E-state index contributed by atoms with van der Waals surface area (Å²) in [5, 5.41) is 12.9. The van der Waals surface area contributed by atoms with Crippen molar-refractivity contribution in [3.63, 3.8) is 0 Å². The first-order valence-electron chi connectivity index (χ1n) is 6.80. The van der Waals surface area contributed by atoms with Crippen molar-refractivity contribution in [2.75, 3.05) is 7.05 Å². The van der Waals surface area contributed by atoms with E-state index in [1.165, 1.54) is 16.5 Å². The zero-order chi connectivity index (χ0) is 13.8. The van der Waals surface area contributed by atoms with Crippen molar-refractivity contribution in [2.45, 2.75) is 12.5 Å². The third-order valence-corrected chi connectivity index (χ3v) is 3.60. The summed E-state index contributed by atoms with van der Waals surface area (Å²) in [5.41, 5.74) is 3.46. The molecule has 1 heterocycles. The molecule has 0 bridgehead atoms. The lowest BCUT2D eigenvalue weighted by atomic mass is 9.98. The Labute approximate surface area is 118 Å². The molecule has 0 aliphatic rings. The highest BCUT2D eigenvalue weighted by Gasteiger charge is 2.12. The maximum absolute atomic E-state index is 4.18. The predicted molar refractivity (Wildman–Crippen MR) is 81.5 cm³/mol. The minimum absolute atomic E-state index is 0.281. The van der Waals surface area contributed by atoms with E-state index in [4.69, 9.17) is 0 Å². The molecule has 3 rings (SSSR count). The molecule has 100 valence electrons. The first kappa shape index (κ1) is 12.8. The molecule has 0 aliphatic carbocycles. The van der Waals surface area contributed by atoms with Gasteiger partial charge in [-0.1, -0.05) is 48.5 Å². The van der Waals surface area contributed by atoms with Gasteiger partial charge in [0, 0.05) is 11.4 Å². The van der Waals surface area contributed by atoms with Gasteiger partial charge in [0.2, 0.25) is 0 Å². The second kappa shape index (κ2) is 5.80. The molecule has 2 aromatic carbocycles. The first-order valence-corrected chi connectivity index (χ1v) is 6.80. The molecule has 0 radical (unpaired) electrons. The van der Waals surface area contributed by atoms with Crippen molar-refractivity contribution in [3.05, 3.63) is 71.9 Å². The van der Waals surface area contributed by atoms with Crippen molar-refractivity contribution >= 4 is 10.9 Å². The van der Waals surface area contributed by atoms with E-state index in [1.54, 1.807) is 0 Å². The van der Waals surface area contributed by atoms with E-state index in [0.717, 1.165) is 11.9 Å². The maximum atomic E-state index is 4.18. The summed E-state index contributed by atoms with van der Waals surface area (Å²) in [7, 11) is 1.99. The van der Waals surface area contributed by atoms with Crippen LogP contribution < -0.4 is 5.32 Å². The second-order valence-corrected chi connectivity index (χ2v) is 4.84. The SMILES string of the molecule is CNC(Cc1cnnc2ccccc12)c1ccccc1. The molecular weight excluding hydrogens is 246 g/mol. The van der Waals surface area contributed by atoms with E-state index in [-0.39, 0.29) is 6.04 Å². The number of hydrogen-bond donors (Lipinski definition) is 1. The molecule has 1 unspecified atom stereocenters. The van der Waals surface area contributed by atoms with Crippen LogP contribution in [-0.2, 0) is 6.42 Å². The zero-order valence-corrected chi connectivity index (χ0v) is 11.5. The standard InChI is InChI=1S/C17H17N3/c1-18-17(13-7-3-2-4-8-13)11-14-12-19-20-16-10-6-5-9-15(14)16/h2-10,12,17-18H,11H2,1H3. The van der Waals surface area contributed by atoms with Crippen molar-refractivity contribution in [1.82, 2.24) is 15.5 Å². The third-order valence-electron chi connectivity index (χ3n) is 3.60. The maximum Gasteiger partial charge on any atom is 0.0932 e. The fraction of sp³-hybridized carbons (Fsp3) is 0.176. The number of hydrogen-bond acceptors (Lipinski definition) is 3. The Morgan fingerprint density at radius 3 is 2.55 bits per heavy atom. The lowest BCUT2D eigenvalue weighted by molar-refractivity contribution is 0.592. The van der Waals surface area contributed by atoms with E-state index >= 15 is 0 Å². The predicted octanol–water partition coefficient (Wildman–Crippen LogP) is 3.13. The molecule has 1 aromatic heterocycles. The van der Waals surface area contributed by atoms with Crippen LogP contribution in [0.4, 0.5) is 0 Å². The first-order chi connectivity index (χ1) is 9.88. The highest BCUT2D eigenvalue weighted by molar-refractivity contribution is 5.81. The molecule has 0 fully saturated rings. The molecular formula is C17H17N3. The smallest absolute Gasteiger partial charge is 0.0932 e. The van der Waals surface area contributed by atoms with Gasteiger partial charge in [0.25, 0.3) is 0 Å². The molecule has 1 N–H and O–H groups in total. The van der Waals surface area contributed by atoms with Crippen LogP contribution in [0, 0.1) is 0 Å². The van der Waals surface area contributed by atoms with Crippen molar-refractivity contribution in [2.24, 2.45) is 0 Å². The average Bonchev–Trinajstić information content (AvgIpc) is 2.53. The largest absolute Gasteiger partial charge is 0.313 e. The van der Waals surface area contributed by atoms with Gasteiger partial charge in [-0.15, -0.1) is 0 Å². The summed E-state index contributed by atoms with van der Waals surface area (Å²) < 4.78 is 0. The Hall–Kier alpha value is -2.26. The molecule has 3 nitrogen and oxygen atoms in total. The van der Waals surface area contributed by atoms with Crippen LogP contribution in [-0.4, -0.2) is 17.2 Å². The Bertz CT molecular complexity index is 689. The van der Waals surface area contributed by atoms with E-state index in [0.29, 0.717) is 0 Å². The van der Waals surface area contributed by atoms with Crippen LogP contribution in [0.5, 0.6) is 0 Å². The molecule has 20 heavy (non-hydrogen) atoms. The summed E-state index contributed by atoms with van der Waals surface area (Å²) in [6, 6.07) is 18.9. The van der Waals surface area contributed by atoms with E-state index in [9.17, 15) is 0 Å². The number of nitrogens with zero attached hydrogens (tertiary/aromatic N) is 2. The fourth-order valence-corrected chi connectivity index (χ4v) is 2.52. The normalized spacial score (nSPS) is 12.4. The number of nitrogens with one attached hydrogen (secondary N) is 1. The van der Waals surface area contributed by atoms with Crippen LogP contribution in [0.15, 0.2) is 60.8 Å². The Morgan fingerprint density at radius 2 is 1.75 bits per heavy atom. The number of aromatic nitrogens is 2. The van der Waals surface area contributed by atoms with Crippen molar-refractivity contribution < 1.29 is 0 Å². The van der Waals surface area contributed by atoms with Gasteiger partial charge in [0.05, 0.1) is 11.7 Å². The van der Waals surface area contributed by atoms with Crippen LogP contribution >= 0.6 is 0 Å². The number of fused-ring (bicyclic) bond motifs is 1. The van der Waals surface area contributed by atoms with Gasteiger partial charge < -0.3 is 5.32 Å². The zero-order valence-electron chi connectivity index (χ0n) is 11.5. The number of likely N-dealkylation sites (N-methyl/N-ethyl adjacent to an activating group) is 1. The fourth-order valence-electron chi connectivity index (χ4n) is 2.52. The Morgan fingerprint density at radius 1 is 1.00 bits per heavy atom. The van der Waals surface area contributed by atoms with Gasteiger partial charge in [-0.25, -0.2) is 0 Å². The minimum Gasteiger partial charge on any atom is -0.313 e. The van der Waals surface area contributed by atoms with Crippen molar-refractivity contribution in [1.29, 1.82) is 0 Å². The third kappa shape index (κ3) is 2.53. The molecule has 0 saturated carbocycles. The van der Waals surface area contributed by atoms with Crippen LogP contribution in [0.1, 0.15) is 17.2 Å². The van der Waals surface area contributed by atoms with E-state index < -0.39 is 0 Å². The second-order valence-electron chi connectivity index (χ2n) is 4.84. The summed E-state index contributed by atoms with van der Waals surface area (Å²) in [6.45, 7) is 0. The lowest BCUT2D eigenvalue weighted by Crippen LogP contribution is -2.19.